The maximum absolute atomic E-state index is 11.7. The van der Waals surface area contributed by atoms with Crippen LogP contribution < -0.4 is 20.7 Å². The number of nitrogens with one attached hydrogen (secondary N) is 4. The molecule has 106 valence electrons. The van der Waals surface area contributed by atoms with Crippen LogP contribution in [0, 0.1) is 0 Å². The predicted molar refractivity (Wildman–Crippen MR) is 69.7 cm³/mol. The Bertz CT molecular complexity index is 363. The molecule has 1 saturated heterocycles. The number of sulfonamides is 1. The highest BCUT2D eigenvalue weighted by molar-refractivity contribution is 7.88. The fourth-order valence-electron chi connectivity index (χ4n) is 1.65. The molecule has 1 fully saturated rings. The molecule has 0 aromatic carbocycles. The first kappa shape index (κ1) is 15.4. The van der Waals surface area contributed by atoms with Gasteiger partial charge in [0.25, 0.3) is 0 Å². The molecule has 1 amide bonds. The minimum atomic E-state index is -3.14. The van der Waals surface area contributed by atoms with Crippen molar-refractivity contribution in [3.63, 3.8) is 0 Å². The molecule has 1 rings (SSSR count). The topological polar surface area (TPSA) is 99.3 Å². The van der Waals surface area contributed by atoms with Crippen molar-refractivity contribution in [1.29, 1.82) is 0 Å². The van der Waals surface area contributed by atoms with Crippen LogP contribution in [0.3, 0.4) is 0 Å². The van der Waals surface area contributed by atoms with Crippen molar-refractivity contribution in [2.75, 3.05) is 32.4 Å². The average Bonchev–Trinajstić information content (AvgIpc) is 2.27. The van der Waals surface area contributed by atoms with Gasteiger partial charge in [-0.3, -0.25) is 4.79 Å². The summed E-state index contributed by atoms with van der Waals surface area (Å²) in [5.41, 5.74) is 0. The van der Waals surface area contributed by atoms with Crippen LogP contribution in [-0.2, 0) is 14.8 Å². The van der Waals surface area contributed by atoms with Gasteiger partial charge in [-0.25, -0.2) is 13.1 Å². The summed E-state index contributed by atoms with van der Waals surface area (Å²) in [6.45, 7) is 4.25. The quantitative estimate of drug-likeness (QED) is 0.421. The van der Waals surface area contributed by atoms with Crippen LogP contribution in [0.2, 0.25) is 0 Å². The standard InChI is InChI=1S/C10H22N4O3S/c1-8-6-13-9(7-12-8)10(15)11-4-3-5-14-18(2,16)17/h8-9,12-14H,3-7H2,1-2H3,(H,11,15). The number of carbonyl (C=O) groups is 1. The van der Waals surface area contributed by atoms with Crippen LogP contribution >= 0.6 is 0 Å². The maximum Gasteiger partial charge on any atom is 0.238 e. The van der Waals surface area contributed by atoms with E-state index in [0.29, 0.717) is 32.1 Å². The molecule has 0 spiro atoms. The van der Waals surface area contributed by atoms with Gasteiger partial charge in [0, 0.05) is 32.2 Å². The van der Waals surface area contributed by atoms with Gasteiger partial charge in [0.15, 0.2) is 0 Å². The van der Waals surface area contributed by atoms with Gasteiger partial charge >= 0.3 is 0 Å². The minimum Gasteiger partial charge on any atom is -0.355 e. The third-order valence-electron chi connectivity index (χ3n) is 2.67. The first-order valence-corrected chi connectivity index (χ1v) is 7.97. The third kappa shape index (κ3) is 6.29. The molecule has 0 saturated carbocycles. The van der Waals surface area contributed by atoms with Crippen LogP contribution in [0.5, 0.6) is 0 Å². The molecule has 18 heavy (non-hydrogen) atoms. The normalized spacial score (nSPS) is 24.8. The Balaban J connectivity index is 2.10. The second-order valence-electron chi connectivity index (χ2n) is 4.58. The first-order chi connectivity index (χ1) is 8.38. The van der Waals surface area contributed by atoms with Crippen molar-refractivity contribution >= 4 is 15.9 Å². The molecule has 0 aromatic rings. The fourth-order valence-corrected chi connectivity index (χ4v) is 2.16. The van der Waals surface area contributed by atoms with E-state index in [4.69, 9.17) is 0 Å². The summed E-state index contributed by atoms with van der Waals surface area (Å²) in [5, 5.41) is 9.14. The number of hydrogen-bond acceptors (Lipinski definition) is 5. The van der Waals surface area contributed by atoms with Crippen LogP contribution in [-0.4, -0.2) is 58.8 Å². The van der Waals surface area contributed by atoms with Gasteiger partial charge in [-0.05, 0) is 13.3 Å². The van der Waals surface area contributed by atoms with Crippen molar-refractivity contribution in [2.24, 2.45) is 0 Å². The summed E-state index contributed by atoms with van der Waals surface area (Å²) in [5.74, 6) is -0.0474. The van der Waals surface area contributed by atoms with Gasteiger partial charge in [0.2, 0.25) is 15.9 Å². The molecule has 4 N–H and O–H groups in total. The molecule has 1 aliphatic heterocycles. The van der Waals surface area contributed by atoms with E-state index in [2.05, 4.69) is 27.6 Å². The number of amides is 1. The summed E-state index contributed by atoms with van der Waals surface area (Å²) >= 11 is 0. The number of hydrogen-bond donors (Lipinski definition) is 4. The Morgan fingerprint density at radius 1 is 1.28 bits per heavy atom. The molecule has 8 heteroatoms. The largest absolute Gasteiger partial charge is 0.355 e. The van der Waals surface area contributed by atoms with Crippen LogP contribution in [0.1, 0.15) is 13.3 Å². The SMILES string of the molecule is CC1CNC(C(=O)NCCCNS(C)(=O)=O)CN1. The summed E-state index contributed by atoms with van der Waals surface area (Å²) in [6, 6.07) is 0.178. The Hall–Kier alpha value is -0.700. The van der Waals surface area contributed by atoms with E-state index < -0.39 is 10.0 Å². The van der Waals surface area contributed by atoms with Crippen LogP contribution in [0.4, 0.5) is 0 Å². The average molecular weight is 278 g/mol. The number of carbonyl (C=O) groups excluding carboxylic acids is 1. The van der Waals surface area contributed by atoms with E-state index in [0.717, 1.165) is 12.8 Å². The molecule has 7 nitrogen and oxygen atoms in total. The zero-order valence-electron chi connectivity index (χ0n) is 10.8. The van der Waals surface area contributed by atoms with E-state index in [-0.39, 0.29) is 11.9 Å². The van der Waals surface area contributed by atoms with E-state index >= 15 is 0 Å². The smallest absolute Gasteiger partial charge is 0.238 e. The van der Waals surface area contributed by atoms with Crippen molar-refractivity contribution in [3.05, 3.63) is 0 Å². The van der Waals surface area contributed by atoms with Crippen molar-refractivity contribution < 1.29 is 13.2 Å². The second kappa shape index (κ2) is 7.03. The van der Waals surface area contributed by atoms with E-state index in [1.54, 1.807) is 0 Å². The lowest BCUT2D eigenvalue weighted by molar-refractivity contribution is -0.123. The lowest BCUT2D eigenvalue weighted by Crippen LogP contribution is -2.59. The summed E-state index contributed by atoms with van der Waals surface area (Å²) in [6.07, 6.45) is 1.69. The zero-order chi connectivity index (χ0) is 13.6. The first-order valence-electron chi connectivity index (χ1n) is 6.07. The molecule has 0 aromatic heterocycles. The third-order valence-corrected chi connectivity index (χ3v) is 3.40. The van der Waals surface area contributed by atoms with Crippen LogP contribution in [0.25, 0.3) is 0 Å². The predicted octanol–water partition coefficient (Wildman–Crippen LogP) is -2.01. The Labute approximate surface area is 108 Å². The molecule has 2 unspecified atom stereocenters. The molecule has 1 aliphatic rings. The molecule has 0 aliphatic carbocycles. The van der Waals surface area contributed by atoms with E-state index in [9.17, 15) is 13.2 Å². The Morgan fingerprint density at radius 3 is 2.56 bits per heavy atom. The molecular formula is C10H22N4O3S. The van der Waals surface area contributed by atoms with E-state index in [1.165, 1.54) is 0 Å². The molecule has 1 heterocycles. The highest BCUT2D eigenvalue weighted by Gasteiger charge is 2.22. The maximum atomic E-state index is 11.7. The molecule has 0 radical (unpaired) electrons. The van der Waals surface area contributed by atoms with Crippen LogP contribution in [0.15, 0.2) is 0 Å². The highest BCUT2D eigenvalue weighted by Crippen LogP contribution is 1.93. The van der Waals surface area contributed by atoms with Gasteiger partial charge in [0.05, 0.1) is 12.3 Å². The van der Waals surface area contributed by atoms with Crippen molar-refractivity contribution in [1.82, 2.24) is 20.7 Å². The van der Waals surface area contributed by atoms with Gasteiger partial charge in [-0.1, -0.05) is 0 Å². The van der Waals surface area contributed by atoms with Gasteiger partial charge in [-0.2, -0.15) is 0 Å². The molecule has 0 bridgehead atoms. The zero-order valence-corrected chi connectivity index (χ0v) is 11.6. The minimum absolute atomic E-state index is 0.0474. The summed E-state index contributed by atoms with van der Waals surface area (Å²) in [4.78, 5) is 11.7. The molecular weight excluding hydrogens is 256 g/mol. The van der Waals surface area contributed by atoms with Crippen molar-refractivity contribution in [3.8, 4) is 0 Å². The van der Waals surface area contributed by atoms with E-state index in [1.807, 2.05) is 0 Å². The van der Waals surface area contributed by atoms with Gasteiger partial charge in [0.1, 0.15) is 0 Å². The number of piperazine rings is 1. The van der Waals surface area contributed by atoms with Crippen molar-refractivity contribution in [2.45, 2.75) is 25.4 Å². The number of rotatable bonds is 6. The summed E-state index contributed by atoms with van der Waals surface area (Å²) in [7, 11) is -3.14. The monoisotopic (exact) mass is 278 g/mol. The van der Waals surface area contributed by atoms with Gasteiger partial charge < -0.3 is 16.0 Å². The molecule has 2 atom stereocenters. The van der Waals surface area contributed by atoms with Gasteiger partial charge in [-0.15, -0.1) is 0 Å². The Morgan fingerprint density at radius 2 is 2.00 bits per heavy atom. The Kier molecular flexibility index (Phi) is 6.00. The second-order valence-corrected chi connectivity index (χ2v) is 6.41. The fraction of sp³-hybridized carbons (Fsp3) is 0.900. The highest BCUT2D eigenvalue weighted by atomic mass is 32.2. The lowest BCUT2D eigenvalue weighted by Gasteiger charge is -2.28. The lowest BCUT2D eigenvalue weighted by atomic mass is 10.1. The summed E-state index contributed by atoms with van der Waals surface area (Å²) < 4.78 is 24.0.